The Kier molecular flexibility index (Phi) is 9.48. The van der Waals surface area contributed by atoms with E-state index in [1.165, 1.54) is 137 Å². The first-order valence-corrected chi connectivity index (χ1v) is 21.3. The highest BCUT2D eigenvalue weighted by atomic mass is 15.2. The number of nitrogens with zero attached hydrogens (tertiary/aromatic N) is 1. The minimum Gasteiger partial charge on any atom is -0.338 e. The molecule has 0 heterocycles. The predicted octanol–water partition coefficient (Wildman–Crippen LogP) is 15.3. The second kappa shape index (κ2) is 15.2. The molecule has 7 aromatic rings. The lowest BCUT2D eigenvalue weighted by molar-refractivity contribution is 0.0480. The molecule has 0 N–H and O–H groups in total. The molecule has 3 aliphatic carbocycles. The van der Waals surface area contributed by atoms with Crippen molar-refractivity contribution < 1.29 is 0 Å². The first-order valence-electron chi connectivity index (χ1n) is 21.3. The molecule has 3 unspecified atom stereocenters. The predicted molar refractivity (Wildman–Crippen MR) is 235 cm³/mol. The number of rotatable bonds is 7. The monoisotopic (exact) mass is 715 g/mol. The van der Waals surface area contributed by atoms with Crippen LogP contribution in [-0.2, 0) is 0 Å². The van der Waals surface area contributed by atoms with Crippen LogP contribution < -0.4 is 4.90 Å². The lowest BCUT2D eigenvalue weighted by Gasteiger charge is -2.47. The zero-order valence-electron chi connectivity index (χ0n) is 32.1. The Morgan fingerprint density at radius 1 is 0.345 bits per heavy atom. The van der Waals surface area contributed by atoms with Crippen molar-refractivity contribution in [2.45, 2.75) is 76.7 Å². The molecule has 0 aliphatic heterocycles. The number of benzene rings is 7. The fourth-order valence-corrected chi connectivity index (χ4v) is 11.5. The van der Waals surface area contributed by atoms with Gasteiger partial charge in [-0.15, -0.1) is 0 Å². The van der Waals surface area contributed by atoms with Crippen molar-refractivity contribution in [1.29, 1.82) is 0 Å². The van der Waals surface area contributed by atoms with Crippen molar-refractivity contribution in [2.75, 3.05) is 4.90 Å². The van der Waals surface area contributed by atoms with Gasteiger partial charge in [0, 0.05) is 17.4 Å². The van der Waals surface area contributed by atoms with Crippen molar-refractivity contribution >= 4 is 32.9 Å². The Morgan fingerprint density at radius 3 is 1.53 bits per heavy atom. The normalized spacial score (nSPS) is 22.7. The molecule has 0 spiro atoms. The average molecular weight is 716 g/mol. The maximum atomic E-state index is 2.70. The van der Waals surface area contributed by atoms with E-state index in [1.807, 2.05) is 0 Å². The van der Waals surface area contributed by atoms with E-state index in [0.29, 0.717) is 6.04 Å². The Hall–Kier alpha value is -5.14. The van der Waals surface area contributed by atoms with E-state index in [9.17, 15) is 0 Å². The third-order valence-electron chi connectivity index (χ3n) is 14.0. The van der Waals surface area contributed by atoms with Crippen molar-refractivity contribution in [3.63, 3.8) is 0 Å². The molecule has 274 valence electrons. The van der Waals surface area contributed by atoms with E-state index in [0.717, 1.165) is 23.7 Å². The highest BCUT2D eigenvalue weighted by Crippen LogP contribution is 2.50. The Labute approximate surface area is 328 Å². The molecule has 1 nitrogen and oxygen atoms in total. The van der Waals surface area contributed by atoms with Crippen LogP contribution in [0.2, 0.25) is 0 Å². The van der Waals surface area contributed by atoms with Gasteiger partial charge in [0.1, 0.15) is 0 Å². The molecule has 0 aromatic heterocycles. The molecule has 3 aliphatic rings. The molecule has 55 heavy (non-hydrogen) atoms. The number of hydrogen-bond acceptors (Lipinski definition) is 1. The fraction of sp³-hybridized carbons (Fsp3) is 0.296. The van der Waals surface area contributed by atoms with E-state index >= 15 is 0 Å². The van der Waals surface area contributed by atoms with E-state index in [1.54, 1.807) is 0 Å². The zero-order valence-corrected chi connectivity index (χ0v) is 32.1. The van der Waals surface area contributed by atoms with Crippen LogP contribution in [0.1, 0.15) is 70.6 Å². The standard InChI is InChI=1S/C54H53N/c1-2-12-40(13-3-1)52-24-10-18-44-19-11-25-53(54(44)52)43-30-36-47(37-31-43)55(45-32-26-41(27-33-45)50-22-8-16-38-14-4-6-20-48(38)50)46-34-28-42(29-35-46)51-23-9-17-39-15-5-7-21-49(39)51/h1-4,6,8,10-14,16,18-20,22,24-27,30-33,36-37,39,42,46,49,51H,5,7,9,15,17,21,23,28-29,34-35H2. The summed E-state index contributed by atoms with van der Waals surface area (Å²) in [6.45, 7) is 0. The van der Waals surface area contributed by atoms with E-state index in [2.05, 4.69) is 163 Å². The number of fused-ring (bicyclic) bond motifs is 3. The van der Waals surface area contributed by atoms with Gasteiger partial charge in [-0.2, -0.15) is 0 Å². The lowest BCUT2D eigenvalue weighted by Crippen LogP contribution is -2.40. The summed E-state index contributed by atoms with van der Waals surface area (Å²) in [7, 11) is 0. The summed E-state index contributed by atoms with van der Waals surface area (Å²) >= 11 is 0. The summed E-state index contributed by atoms with van der Waals surface area (Å²) in [5, 5.41) is 5.22. The van der Waals surface area contributed by atoms with Crippen LogP contribution >= 0.6 is 0 Å². The third-order valence-corrected chi connectivity index (χ3v) is 14.0. The van der Waals surface area contributed by atoms with Crippen LogP contribution in [0.15, 0.2) is 158 Å². The SMILES string of the molecule is c1ccc(-c2cccc3cccc(-c4ccc(N(c5ccc(-c6cccc7ccccc67)cc5)C5CCC(C6CCCC7CCCCC76)CC5)cc4)c23)cc1. The van der Waals surface area contributed by atoms with Gasteiger partial charge in [0.05, 0.1) is 0 Å². The van der Waals surface area contributed by atoms with Gasteiger partial charge in [0.15, 0.2) is 0 Å². The quantitative estimate of drug-likeness (QED) is 0.159. The zero-order chi connectivity index (χ0) is 36.6. The van der Waals surface area contributed by atoms with Crippen LogP contribution in [0.25, 0.3) is 54.9 Å². The van der Waals surface area contributed by atoms with Gasteiger partial charge in [-0.1, -0.05) is 166 Å². The summed E-state index contributed by atoms with van der Waals surface area (Å²) in [5.74, 6) is 3.90. The lowest BCUT2D eigenvalue weighted by atomic mass is 9.60. The summed E-state index contributed by atoms with van der Waals surface area (Å²) in [6.07, 6.45) is 15.7. The van der Waals surface area contributed by atoms with Gasteiger partial charge >= 0.3 is 0 Å². The molecular formula is C54H53N. The molecule has 3 atom stereocenters. The summed E-state index contributed by atoms with van der Waals surface area (Å²) in [5.41, 5.74) is 10.3. The second-order valence-corrected chi connectivity index (χ2v) is 16.9. The first-order chi connectivity index (χ1) is 27.3. The molecule has 3 fully saturated rings. The van der Waals surface area contributed by atoms with Gasteiger partial charge in [-0.25, -0.2) is 0 Å². The first kappa shape index (κ1) is 34.4. The van der Waals surface area contributed by atoms with Crippen molar-refractivity contribution in [2.24, 2.45) is 23.7 Å². The van der Waals surface area contributed by atoms with E-state index < -0.39 is 0 Å². The highest BCUT2D eigenvalue weighted by molar-refractivity contribution is 6.06. The molecule has 0 saturated heterocycles. The van der Waals surface area contributed by atoms with E-state index in [4.69, 9.17) is 0 Å². The molecule has 0 amide bonds. The minimum absolute atomic E-state index is 0.499. The molecular weight excluding hydrogens is 663 g/mol. The average Bonchev–Trinajstić information content (AvgIpc) is 3.27. The van der Waals surface area contributed by atoms with Gasteiger partial charge in [0.25, 0.3) is 0 Å². The van der Waals surface area contributed by atoms with Crippen LogP contribution in [-0.4, -0.2) is 6.04 Å². The van der Waals surface area contributed by atoms with Crippen molar-refractivity contribution in [3.8, 4) is 33.4 Å². The van der Waals surface area contributed by atoms with Gasteiger partial charge in [0.2, 0.25) is 0 Å². The molecule has 7 aromatic carbocycles. The van der Waals surface area contributed by atoms with Crippen LogP contribution in [0.3, 0.4) is 0 Å². The van der Waals surface area contributed by atoms with Crippen molar-refractivity contribution in [3.05, 3.63) is 158 Å². The summed E-state index contributed by atoms with van der Waals surface area (Å²) in [4.78, 5) is 2.70. The number of anilines is 2. The van der Waals surface area contributed by atoms with E-state index in [-0.39, 0.29) is 0 Å². The van der Waals surface area contributed by atoms with Gasteiger partial charge in [-0.05, 0) is 141 Å². The smallest absolute Gasteiger partial charge is 0.0413 e. The van der Waals surface area contributed by atoms with Gasteiger partial charge < -0.3 is 4.90 Å². The third kappa shape index (κ3) is 6.67. The largest absolute Gasteiger partial charge is 0.338 e. The fourth-order valence-electron chi connectivity index (χ4n) is 11.5. The minimum atomic E-state index is 0.499. The topological polar surface area (TPSA) is 3.24 Å². The molecule has 10 rings (SSSR count). The Balaban J connectivity index is 0.986. The summed E-state index contributed by atoms with van der Waals surface area (Å²) in [6, 6.07) is 59.3. The van der Waals surface area contributed by atoms with Crippen LogP contribution in [0.4, 0.5) is 11.4 Å². The summed E-state index contributed by atoms with van der Waals surface area (Å²) < 4.78 is 0. The molecule has 0 radical (unpaired) electrons. The maximum Gasteiger partial charge on any atom is 0.0413 e. The van der Waals surface area contributed by atoms with Gasteiger partial charge in [-0.3, -0.25) is 0 Å². The Bertz CT molecular complexity index is 2370. The van der Waals surface area contributed by atoms with Crippen LogP contribution in [0.5, 0.6) is 0 Å². The molecule has 0 bridgehead atoms. The highest BCUT2D eigenvalue weighted by Gasteiger charge is 2.40. The Morgan fingerprint density at radius 2 is 0.836 bits per heavy atom. The van der Waals surface area contributed by atoms with Crippen molar-refractivity contribution in [1.82, 2.24) is 0 Å². The van der Waals surface area contributed by atoms with Crippen LogP contribution in [0, 0.1) is 23.7 Å². The molecule has 1 heteroatoms. The maximum absolute atomic E-state index is 2.70. The second-order valence-electron chi connectivity index (χ2n) is 16.9. The number of hydrogen-bond donors (Lipinski definition) is 0. The molecule has 3 saturated carbocycles.